The van der Waals surface area contributed by atoms with Gasteiger partial charge in [-0.15, -0.1) is 11.3 Å². The zero-order valence-corrected chi connectivity index (χ0v) is 15.7. The topological polar surface area (TPSA) is 50.7 Å². The van der Waals surface area contributed by atoms with Gasteiger partial charge in [0.25, 0.3) is 5.91 Å². The first kappa shape index (κ1) is 17.7. The zero-order chi connectivity index (χ0) is 17.8. The Labute approximate surface area is 152 Å². The molecule has 0 saturated heterocycles. The van der Waals surface area contributed by atoms with Crippen molar-refractivity contribution in [2.45, 2.75) is 46.1 Å². The van der Waals surface area contributed by atoms with Gasteiger partial charge in [0.05, 0.1) is 17.2 Å². The van der Waals surface area contributed by atoms with Crippen molar-refractivity contribution in [2.75, 3.05) is 0 Å². The van der Waals surface area contributed by atoms with Crippen molar-refractivity contribution in [3.8, 4) is 5.75 Å². The first-order chi connectivity index (χ1) is 12.0. The third-order valence-electron chi connectivity index (χ3n) is 4.20. The Hall–Kier alpha value is -2.14. The molecule has 0 fully saturated rings. The Bertz CT molecular complexity index is 780. The van der Waals surface area contributed by atoms with Crippen molar-refractivity contribution in [1.29, 1.82) is 0 Å². The van der Waals surface area contributed by atoms with Crippen LogP contribution in [0.3, 0.4) is 0 Å². The normalized spacial score (nSPS) is 16.9. The number of amides is 1. The molecule has 1 amide bonds. The molecule has 1 aliphatic rings. The number of aryl methyl sites for hydroxylation is 1. The van der Waals surface area contributed by atoms with Crippen molar-refractivity contribution in [2.24, 2.45) is 11.0 Å². The molecule has 2 aromatic rings. The van der Waals surface area contributed by atoms with E-state index in [1.54, 1.807) is 17.6 Å². The van der Waals surface area contributed by atoms with Gasteiger partial charge in [0, 0.05) is 10.4 Å². The number of rotatable bonds is 5. The number of ether oxygens (including phenoxy) is 1. The monoisotopic (exact) mass is 356 g/mol. The standard InChI is InChI=1S/C20H24N2O2S/c1-13(2)24-17-7-5-4-6-15(17)12-21-22-20(23)19-11-16-10-14(3)8-9-18(16)25-19/h4-7,11-14H,8-10H2,1-3H3,(H,22,23)/b21-12+. The Morgan fingerprint density at radius 1 is 1.40 bits per heavy atom. The summed E-state index contributed by atoms with van der Waals surface area (Å²) in [7, 11) is 0. The smallest absolute Gasteiger partial charge is 0.281 e. The SMILES string of the molecule is CC1CCc2sc(C(=O)N/N=C/c3ccccc3OC(C)C)cc2C1. The summed E-state index contributed by atoms with van der Waals surface area (Å²) >= 11 is 1.59. The molecule has 5 heteroatoms. The second kappa shape index (κ2) is 7.83. The van der Waals surface area contributed by atoms with Gasteiger partial charge in [0.1, 0.15) is 5.75 Å². The number of nitrogens with zero attached hydrogens (tertiary/aromatic N) is 1. The molecule has 0 radical (unpaired) electrons. The minimum atomic E-state index is -0.148. The van der Waals surface area contributed by atoms with Gasteiger partial charge < -0.3 is 4.74 Å². The van der Waals surface area contributed by atoms with Crippen molar-refractivity contribution in [3.63, 3.8) is 0 Å². The van der Waals surface area contributed by atoms with Crippen LogP contribution in [0.25, 0.3) is 0 Å². The predicted octanol–water partition coefficient (Wildman–Crippen LogP) is 4.42. The van der Waals surface area contributed by atoms with Gasteiger partial charge in [-0.1, -0.05) is 19.1 Å². The molecule has 0 spiro atoms. The van der Waals surface area contributed by atoms with E-state index in [9.17, 15) is 4.79 Å². The van der Waals surface area contributed by atoms with Crippen LogP contribution in [0.1, 0.15) is 52.9 Å². The van der Waals surface area contributed by atoms with E-state index in [-0.39, 0.29) is 12.0 Å². The Morgan fingerprint density at radius 3 is 3.00 bits per heavy atom. The van der Waals surface area contributed by atoms with Gasteiger partial charge in [-0.3, -0.25) is 4.79 Å². The first-order valence-corrected chi connectivity index (χ1v) is 9.55. The molecular formula is C20H24N2O2S. The maximum Gasteiger partial charge on any atom is 0.281 e. The zero-order valence-electron chi connectivity index (χ0n) is 14.9. The molecule has 0 aliphatic heterocycles. The van der Waals surface area contributed by atoms with Crippen LogP contribution in [0.4, 0.5) is 0 Å². The molecule has 0 saturated carbocycles. The Morgan fingerprint density at radius 2 is 2.20 bits per heavy atom. The van der Waals surface area contributed by atoms with Gasteiger partial charge in [-0.2, -0.15) is 5.10 Å². The number of nitrogens with one attached hydrogen (secondary N) is 1. The van der Waals surface area contributed by atoms with E-state index >= 15 is 0 Å². The minimum Gasteiger partial charge on any atom is -0.490 e. The summed E-state index contributed by atoms with van der Waals surface area (Å²) in [6.07, 6.45) is 5.08. The fourth-order valence-electron chi connectivity index (χ4n) is 2.98. The molecule has 1 N–H and O–H groups in total. The quantitative estimate of drug-likeness (QED) is 0.637. The summed E-state index contributed by atoms with van der Waals surface area (Å²) in [5.74, 6) is 1.31. The Kier molecular flexibility index (Phi) is 5.53. The van der Waals surface area contributed by atoms with Gasteiger partial charge in [0.15, 0.2) is 0 Å². The van der Waals surface area contributed by atoms with Gasteiger partial charge in [-0.25, -0.2) is 5.43 Å². The third kappa shape index (κ3) is 4.48. The molecule has 1 aliphatic carbocycles. The highest BCUT2D eigenvalue weighted by Gasteiger charge is 2.20. The number of carbonyl (C=O) groups excluding carboxylic acids is 1. The van der Waals surface area contributed by atoms with Crippen molar-refractivity contribution in [3.05, 3.63) is 51.2 Å². The summed E-state index contributed by atoms with van der Waals surface area (Å²) < 4.78 is 5.75. The molecule has 1 aromatic heterocycles. The lowest BCUT2D eigenvalue weighted by molar-refractivity contribution is 0.0959. The van der Waals surface area contributed by atoms with Gasteiger partial charge >= 0.3 is 0 Å². The Balaban J connectivity index is 1.66. The summed E-state index contributed by atoms with van der Waals surface area (Å²) in [6.45, 7) is 6.23. The van der Waals surface area contributed by atoms with Crippen LogP contribution in [0.5, 0.6) is 5.75 Å². The summed E-state index contributed by atoms with van der Waals surface area (Å²) in [4.78, 5) is 14.4. The van der Waals surface area contributed by atoms with E-state index in [1.807, 2.05) is 44.2 Å². The maximum atomic E-state index is 12.4. The number of benzene rings is 1. The van der Waals surface area contributed by atoms with Crippen LogP contribution in [0.2, 0.25) is 0 Å². The fraction of sp³-hybridized carbons (Fsp3) is 0.400. The molecule has 25 heavy (non-hydrogen) atoms. The molecule has 1 unspecified atom stereocenters. The molecule has 1 aromatic carbocycles. The third-order valence-corrected chi connectivity index (χ3v) is 5.44. The van der Waals surface area contributed by atoms with E-state index < -0.39 is 0 Å². The molecule has 0 bridgehead atoms. The number of fused-ring (bicyclic) bond motifs is 1. The fourth-order valence-corrected chi connectivity index (χ4v) is 4.08. The molecule has 3 rings (SSSR count). The largest absolute Gasteiger partial charge is 0.490 e. The first-order valence-electron chi connectivity index (χ1n) is 8.73. The highest BCUT2D eigenvalue weighted by molar-refractivity contribution is 7.14. The van der Waals surface area contributed by atoms with Crippen LogP contribution in [-0.4, -0.2) is 18.2 Å². The average Bonchev–Trinajstić information content (AvgIpc) is 2.99. The minimum absolute atomic E-state index is 0.0870. The predicted molar refractivity (Wildman–Crippen MR) is 103 cm³/mol. The number of hydrazone groups is 1. The molecule has 4 nitrogen and oxygen atoms in total. The van der Waals surface area contributed by atoms with Crippen LogP contribution in [0.15, 0.2) is 35.4 Å². The molecular weight excluding hydrogens is 332 g/mol. The average molecular weight is 356 g/mol. The highest BCUT2D eigenvalue weighted by atomic mass is 32.1. The van der Waals surface area contributed by atoms with Crippen LogP contribution < -0.4 is 10.2 Å². The van der Waals surface area contributed by atoms with E-state index in [2.05, 4.69) is 17.5 Å². The summed E-state index contributed by atoms with van der Waals surface area (Å²) in [5.41, 5.74) is 4.80. The van der Waals surface area contributed by atoms with Crippen molar-refractivity contribution < 1.29 is 9.53 Å². The lowest BCUT2D eigenvalue weighted by Crippen LogP contribution is -2.16. The van der Waals surface area contributed by atoms with E-state index in [1.165, 1.54) is 16.9 Å². The van der Waals surface area contributed by atoms with E-state index in [0.717, 1.165) is 29.0 Å². The number of thiophene rings is 1. The number of hydrogen-bond donors (Lipinski definition) is 1. The van der Waals surface area contributed by atoms with E-state index in [0.29, 0.717) is 5.92 Å². The second-order valence-electron chi connectivity index (χ2n) is 6.81. The number of carbonyl (C=O) groups is 1. The van der Waals surface area contributed by atoms with Crippen LogP contribution in [-0.2, 0) is 12.8 Å². The molecule has 1 heterocycles. The van der Waals surface area contributed by atoms with E-state index in [4.69, 9.17) is 4.74 Å². The van der Waals surface area contributed by atoms with Gasteiger partial charge in [-0.05, 0) is 62.8 Å². The summed E-state index contributed by atoms with van der Waals surface area (Å²) in [6, 6.07) is 9.68. The lowest BCUT2D eigenvalue weighted by atomic mass is 9.90. The van der Waals surface area contributed by atoms with Crippen LogP contribution in [0, 0.1) is 5.92 Å². The van der Waals surface area contributed by atoms with Crippen molar-refractivity contribution in [1.82, 2.24) is 5.43 Å². The van der Waals surface area contributed by atoms with Crippen LogP contribution >= 0.6 is 11.3 Å². The highest BCUT2D eigenvalue weighted by Crippen LogP contribution is 2.32. The maximum absolute atomic E-state index is 12.4. The van der Waals surface area contributed by atoms with Gasteiger partial charge in [0.2, 0.25) is 0 Å². The summed E-state index contributed by atoms with van der Waals surface area (Å²) in [5, 5.41) is 4.11. The number of hydrogen-bond acceptors (Lipinski definition) is 4. The second-order valence-corrected chi connectivity index (χ2v) is 7.95. The molecule has 132 valence electrons. The molecule has 1 atom stereocenters. The number of para-hydroxylation sites is 1. The van der Waals surface area contributed by atoms with Crippen molar-refractivity contribution >= 4 is 23.5 Å². The lowest BCUT2D eigenvalue weighted by Gasteiger charge is -2.16.